The number of pyridine rings is 1. The zero-order valence-corrected chi connectivity index (χ0v) is 17.1. The van der Waals surface area contributed by atoms with Crippen molar-refractivity contribution >= 4 is 11.6 Å². The first-order valence-corrected chi connectivity index (χ1v) is 9.57. The molecule has 0 aliphatic heterocycles. The van der Waals surface area contributed by atoms with E-state index >= 15 is 0 Å². The highest BCUT2D eigenvalue weighted by Gasteiger charge is 2.09. The van der Waals surface area contributed by atoms with E-state index in [-0.39, 0.29) is 0 Å². The van der Waals surface area contributed by atoms with Gasteiger partial charge in [-0.15, -0.1) is 0 Å². The number of guanidine groups is 1. The van der Waals surface area contributed by atoms with Crippen molar-refractivity contribution in [2.75, 3.05) is 32.7 Å². The van der Waals surface area contributed by atoms with Gasteiger partial charge in [0.05, 0.1) is 20.3 Å². The van der Waals surface area contributed by atoms with Crippen molar-refractivity contribution in [2.24, 2.45) is 4.99 Å². The Labute approximate surface area is 167 Å². The number of hydrogen-bond acceptors (Lipinski definition) is 5. The molecule has 2 rings (SSSR count). The molecule has 7 heteroatoms. The molecule has 0 saturated carbocycles. The van der Waals surface area contributed by atoms with Gasteiger partial charge in [0.1, 0.15) is 0 Å². The summed E-state index contributed by atoms with van der Waals surface area (Å²) in [5.41, 5.74) is 1.83. The molecule has 0 aliphatic rings. The summed E-state index contributed by atoms with van der Waals surface area (Å²) in [6, 6.07) is 9.56. The van der Waals surface area contributed by atoms with Crippen LogP contribution in [0, 0.1) is 0 Å². The molecule has 0 unspecified atom stereocenters. The molecule has 0 saturated heterocycles. The third-order valence-corrected chi connectivity index (χ3v) is 3.98. The van der Waals surface area contributed by atoms with Crippen LogP contribution in [0.4, 0.5) is 5.69 Å². The Morgan fingerprint density at radius 3 is 2.71 bits per heavy atom. The van der Waals surface area contributed by atoms with Crippen molar-refractivity contribution < 1.29 is 14.2 Å². The first kappa shape index (κ1) is 21.3. The molecule has 0 bridgehead atoms. The summed E-state index contributed by atoms with van der Waals surface area (Å²) in [5.74, 6) is 2.67. The molecule has 0 fully saturated rings. The fourth-order valence-electron chi connectivity index (χ4n) is 2.52. The van der Waals surface area contributed by atoms with Crippen molar-refractivity contribution in [1.82, 2.24) is 10.3 Å². The van der Waals surface area contributed by atoms with Gasteiger partial charge in [-0.1, -0.05) is 19.4 Å². The molecule has 28 heavy (non-hydrogen) atoms. The Kier molecular flexibility index (Phi) is 8.91. The van der Waals surface area contributed by atoms with Crippen LogP contribution in [0.2, 0.25) is 0 Å². The lowest BCUT2D eigenvalue weighted by Gasteiger charge is -2.15. The van der Waals surface area contributed by atoms with Gasteiger partial charge in [-0.2, -0.15) is 0 Å². The average molecular weight is 386 g/mol. The minimum atomic E-state index is 0.545. The maximum absolute atomic E-state index is 5.79. The second kappa shape index (κ2) is 11.7. The molecule has 0 radical (unpaired) electrons. The lowest BCUT2D eigenvalue weighted by molar-refractivity contribution is 0.294. The fourth-order valence-corrected chi connectivity index (χ4v) is 2.52. The number of anilines is 1. The number of aliphatic imine (C=N–C) groups is 1. The van der Waals surface area contributed by atoms with E-state index in [0.717, 1.165) is 24.1 Å². The number of hydrogen-bond donors (Lipinski definition) is 2. The summed E-state index contributed by atoms with van der Waals surface area (Å²) in [4.78, 5) is 8.62. The molecule has 1 heterocycles. The van der Waals surface area contributed by atoms with E-state index in [9.17, 15) is 0 Å². The van der Waals surface area contributed by atoms with Gasteiger partial charge in [-0.05, 0) is 31.5 Å². The molecule has 0 aliphatic carbocycles. The lowest BCUT2D eigenvalue weighted by Crippen LogP contribution is -2.30. The van der Waals surface area contributed by atoms with Crippen LogP contribution in [-0.2, 0) is 6.54 Å². The van der Waals surface area contributed by atoms with Gasteiger partial charge < -0.3 is 24.8 Å². The van der Waals surface area contributed by atoms with E-state index in [2.05, 4.69) is 27.5 Å². The highest BCUT2D eigenvalue weighted by molar-refractivity contribution is 5.93. The highest BCUT2D eigenvalue weighted by Crippen LogP contribution is 2.30. The van der Waals surface area contributed by atoms with E-state index < -0.39 is 0 Å². The minimum Gasteiger partial charge on any atom is -0.493 e. The molecule has 1 aromatic carbocycles. The summed E-state index contributed by atoms with van der Waals surface area (Å²) in [6.07, 6.45) is 3.83. The van der Waals surface area contributed by atoms with Gasteiger partial charge in [0.2, 0.25) is 5.88 Å². The number of ether oxygens (including phenoxy) is 3. The Hall–Kier alpha value is -2.96. The lowest BCUT2D eigenvalue weighted by atomic mass is 10.2. The standard InChI is InChI=1S/C21H30N4O3/c1-5-7-13-28-20-16(9-8-12-23-20)15-24-21(22-3)25-17-10-11-18(26-4)19(14-17)27-6-2/h8-12,14H,5-7,13,15H2,1-4H3,(H2,22,24,25). The minimum absolute atomic E-state index is 0.545. The van der Waals surface area contributed by atoms with Gasteiger partial charge in [0.25, 0.3) is 0 Å². The number of unbranched alkanes of at least 4 members (excludes halogenated alkanes) is 1. The smallest absolute Gasteiger partial charge is 0.218 e. The fraction of sp³-hybridized carbons (Fsp3) is 0.429. The second-order valence-electron chi connectivity index (χ2n) is 6.02. The predicted octanol–water partition coefficient (Wildman–Crippen LogP) is 3.86. The number of benzene rings is 1. The SMILES string of the molecule is CCCCOc1ncccc1CNC(=NC)Nc1ccc(OC)c(OCC)c1. The average Bonchev–Trinajstić information content (AvgIpc) is 2.72. The van der Waals surface area contributed by atoms with Gasteiger partial charge >= 0.3 is 0 Å². The molecule has 2 N–H and O–H groups in total. The quantitative estimate of drug-likeness (QED) is 0.367. The van der Waals surface area contributed by atoms with Gasteiger partial charge in [0.15, 0.2) is 17.5 Å². The molecule has 152 valence electrons. The third kappa shape index (κ3) is 6.33. The van der Waals surface area contributed by atoms with Crippen LogP contribution >= 0.6 is 0 Å². The van der Waals surface area contributed by atoms with Gasteiger partial charge in [0, 0.05) is 37.1 Å². The number of rotatable bonds is 10. The largest absolute Gasteiger partial charge is 0.493 e. The van der Waals surface area contributed by atoms with Crippen LogP contribution < -0.4 is 24.8 Å². The van der Waals surface area contributed by atoms with Crippen molar-refractivity contribution in [3.63, 3.8) is 0 Å². The van der Waals surface area contributed by atoms with Crippen LogP contribution in [0.1, 0.15) is 32.3 Å². The summed E-state index contributed by atoms with van der Waals surface area (Å²) >= 11 is 0. The maximum Gasteiger partial charge on any atom is 0.218 e. The molecular weight excluding hydrogens is 356 g/mol. The first-order valence-electron chi connectivity index (χ1n) is 9.57. The van der Waals surface area contributed by atoms with Crippen molar-refractivity contribution in [3.8, 4) is 17.4 Å². The summed E-state index contributed by atoms with van der Waals surface area (Å²) in [7, 11) is 3.35. The van der Waals surface area contributed by atoms with Crippen LogP contribution in [0.5, 0.6) is 17.4 Å². The second-order valence-corrected chi connectivity index (χ2v) is 6.02. The normalized spacial score (nSPS) is 11.1. The Bertz CT molecular complexity index is 765. The zero-order valence-electron chi connectivity index (χ0n) is 17.1. The Morgan fingerprint density at radius 1 is 1.14 bits per heavy atom. The number of nitrogens with zero attached hydrogens (tertiary/aromatic N) is 2. The molecule has 7 nitrogen and oxygen atoms in total. The third-order valence-electron chi connectivity index (χ3n) is 3.98. The van der Waals surface area contributed by atoms with E-state index in [4.69, 9.17) is 14.2 Å². The summed E-state index contributed by atoms with van der Waals surface area (Å²) in [5, 5.41) is 6.55. The molecule has 0 amide bonds. The first-order chi connectivity index (χ1) is 13.7. The van der Waals surface area contributed by atoms with Crippen molar-refractivity contribution in [2.45, 2.75) is 33.2 Å². The molecular formula is C21H30N4O3. The molecule has 0 spiro atoms. The van der Waals surface area contributed by atoms with Crippen LogP contribution in [-0.4, -0.2) is 38.3 Å². The predicted molar refractivity (Wildman–Crippen MR) is 113 cm³/mol. The Morgan fingerprint density at radius 2 is 2.00 bits per heavy atom. The Balaban J connectivity index is 2.01. The van der Waals surface area contributed by atoms with E-state index in [1.807, 2.05) is 37.3 Å². The monoisotopic (exact) mass is 386 g/mol. The molecule has 0 atom stereocenters. The summed E-state index contributed by atoms with van der Waals surface area (Å²) in [6.45, 7) is 5.85. The molecule has 1 aromatic heterocycles. The molecule has 2 aromatic rings. The van der Waals surface area contributed by atoms with Crippen LogP contribution in [0.15, 0.2) is 41.5 Å². The zero-order chi connectivity index (χ0) is 20.2. The van der Waals surface area contributed by atoms with Crippen LogP contribution in [0.25, 0.3) is 0 Å². The number of nitrogens with one attached hydrogen (secondary N) is 2. The topological polar surface area (TPSA) is 77.0 Å². The summed E-state index contributed by atoms with van der Waals surface area (Å²) < 4.78 is 16.7. The number of aromatic nitrogens is 1. The number of methoxy groups -OCH3 is 1. The van der Waals surface area contributed by atoms with Crippen molar-refractivity contribution in [3.05, 3.63) is 42.1 Å². The van der Waals surface area contributed by atoms with E-state index in [0.29, 0.717) is 43.1 Å². The van der Waals surface area contributed by atoms with Crippen molar-refractivity contribution in [1.29, 1.82) is 0 Å². The van der Waals surface area contributed by atoms with Gasteiger partial charge in [-0.3, -0.25) is 4.99 Å². The van der Waals surface area contributed by atoms with Crippen LogP contribution in [0.3, 0.4) is 0 Å². The van der Waals surface area contributed by atoms with E-state index in [1.54, 1.807) is 20.4 Å². The maximum atomic E-state index is 5.79. The van der Waals surface area contributed by atoms with E-state index in [1.165, 1.54) is 0 Å². The highest BCUT2D eigenvalue weighted by atomic mass is 16.5. The van der Waals surface area contributed by atoms with Gasteiger partial charge in [-0.25, -0.2) is 4.98 Å².